The molecule has 0 aromatic rings. The largest absolute Gasteiger partial charge is 0.448 e. The van der Waals surface area contributed by atoms with Gasteiger partial charge < -0.3 is 23.7 Å². The highest BCUT2D eigenvalue weighted by atomic mass is 79.9. The van der Waals surface area contributed by atoms with Crippen molar-refractivity contribution in [3.8, 4) is 0 Å². The maximum Gasteiger partial charge on any atom is 0.320 e. The van der Waals surface area contributed by atoms with E-state index < -0.39 is 29.5 Å². The minimum absolute atomic E-state index is 0.00215. The summed E-state index contributed by atoms with van der Waals surface area (Å²) in [5.41, 5.74) is 0. The molecule has 7 nitrogen and oxygen atoms in total. The standard InChI is InChI=1S/C12H17BrO7/c1-7(13)11(15)20-10(12-18-4-5-19-12)8(14)6-9-16-2-3-17-9/h7,9-10,12H,2-6H2,1H3. The van der Waals surface area contributed by atoms with Gasteiger partial charge in [0.15, 0.2) is 12.1 Å². The van der Waals surface area contributed by atoms with Crippen LogP contribution in [-0.2, 0) is 33.3 Å². The van der Waals surface area contributed by atoms with E-state index in [1.165, 1.54) is 0 Å². The van der Waals surface area contributed by atoms with E-state index in [1.807, 2.05) is 0 Å². The number of alkyl halides is 1. The molecule has 2 saturated heterocycles. The highest BCUT2D eigenvalue weighted by Crippen LogP contribution is 2.19. The third-order valence-electron chi connectivity index (χ3n) is 2.84. The average molecular weight is 353 g/mol. The molecule has 0 saturated carbocycles. The summed E-state index contributed by atoms with van der Waals surface area (Å²) >= 11 is 3.10. The highest BCUT2D eigenvalue weighted by Gasteiger charge is 2.38. The van der Waals surface area contributed by atoms with E-state index in [2.05, 4.69) is 15.9 Å². The lowest BCUT2D eigenvalue weighted by atomic mass is 10.1. The molecule has 2 unspecified atom stereocenters. The van der Waals surface area contributed by atoms with Crippen molar-refractivity contribution >= 4 is 27.7 Å². The molecule has 2 aliphatic heterocycles. The van der Waals surface area contributed by atoms with Crippen molar-refractivity contribution in [3.63, 3.8) is 0 Å². The van der Waals surface area contributed by atoms with Gasteiger partial charge in [0, 0.05) is 0 Å². The van der Waals surface area contributed by atoms with E-state index in [-0.39, 0.29) is 12.2 Å². The van der Waals surface area contributed by atoms with Crippen molar-refractivity contribution in [3.05, 3.63) is 0 Å². The molecule has 2 fully saturated rings. The highest BCUT2D eigenvalue weighted by molar-refractivity contribution is 9.10. The van der Waals surface area contributed by atoms with Gasteiger partial charge in [-0.3, -0.25) is 9.59 Å². The Labute approximate surface area is 125 Å². The topological polar surface area (TPSA) is 80.3 Å². The fraction of sp³-hybridized carbons (Fsp3) is 0.833. The van der Waals surface area contributed by atoms with E-state index >= 15 is 0 Å². The van der Waals surface area contributed by atoms with Crippen LogP contribution in [0.4, 0.5) is 0 Å². The summed E-state index contributed by atoms with van der Waals surface area (Å²) in [7, 11) is 0. The van der Waals surface area contributed by atoms with Crippen LogP contribution in [0.5, 0.6) is 0 Å². The van der Waals surface area contributed by atoms with Crippen molar-refractivity contribution in [2.45, 2.75) is 36.9 Å². The van der Waals surface area contributed by atoms with E-state index in [9.17, 15) is 9.59 Å². The zero-order valence-corrected chi connectivity index (χ0v) is 12.7. The molecule has 0 spiro atoms. The summed E-state index contributed by atoms with van der Waals surface area (Å²) in [5, 5.41) is 0. The molecular weight excluding hydrogens is 336 g/mol. The first kappa shape index (κ1) is 15.8. The maximum absolute atomic E-state index is 12.2. The van der Waals surface area contributed by atoms with E-state index in [1.54, 1.807) is 6.92 Å². The van der Waals surface area contributed by atoms with Gasteiger partial charge in [0.05, 0.1) is 32.8 Å². The summed E-state index contributed by atoms with van der Waals surface area (Å²) in [5.74, 6) is -0.888. The molecule has 2 aliphatic rings. The van der Waals surface area contributed by atoms with E-state index in [0.29, 0.717) is 26.4 Å². The molecule has 0 aliphatic carbocycles. The lowest BCUT2D eigenvalue weighted by molar-refractivity contribution is -0.181. The predicted molar refractivity (Wildman–Crippen MR) is 69.3 cm³/mol. The second-order valence-electron chi connectivity index (χ2n) is 4.43. The minimum atomic E-state index is -1.10. The second-order valence-corrected chi connectivity index (χ2v) is 5.80. The number of ketones is 1. The van der Waals surface area contributed by atoms with Crippen LogP contribution in [0.2, 0.25) is 0 Å². The van der Waals surface area contributed by atoms with Crippen LogP contribution >= 0.6 is 15.9 Å². The Morgan fingerprint density at radius 1 is 1.15 bits per heavy atom. The molecule has 8 heteroatoms. The van der Waals surface area contributed by atoms with Gasteiger partial charge in [-0.15, -0.1) is 0 Å². The molecule has 2 heterocycles. The van der Waals surface area contributed by atoms with Crippen LogP contribution in [-0.4, -0.2) is 61.7 Å². The van der Waals surface area contributed by atoms with Gasteiger partial charge >= 0.3 is 5.97 Å². The van der Waals surface area contributed by atoms with Crippen LogP contribution < -0.4 is 0 Å². The van der Waals surface area contributed by atoms with Gasteiger partial charge in [-0.25, -0.2) is 0 Å². The molecule has 0 aromatic carbocycles. The summed E-state index contributed by atoms with van der Waals surface area (Å²) in [6.07, 6.45) is -2.55. The smallest absolute Gasteiger partial charge is 0.320 e. The average Bonchev–Trinajstić information content (AvgIpc) is 3.07. The molecule has 2 rings (SSSR count). The zero-order chi connectivity index (χ0) is 14.5. The van der Waals surface area contributed by atoms with Crippen molar-refractivity contribution in [1.29, 1.82) is 0 Å². The Balaban J connectivity index is 1.96. The Kier molecular flexibility index (Phi) is 5.91. The first-order valence-electron chi connectivity index (χ1n) is 6.41. The third kappa shape index (κ3) is 4.23. The van der Waals surface area contributed by atoms with Gasteiger partial charge in [-0.2, -0.15) is 0 Å². The Morgan fingerprint density at radius 3 is 2.25 bits per heavy atom. The first-order valence-corrected chi connectivity index (χ1v) is 7.33. The quantitative estimate of drug-likeness (QED) is 0.505. The molecule has 0 aromatic heterocycles. The summed E-state index contributed by atoms with van der Waals surface area (Å²) in [6, 6.07) is 0. The molecule has 0 N–H and O–H groups in total. The fourth-order valence-corrected chi connectivity index (χ4v) is 1.96. The number of ether oxygens (including phenoxy) is 5. The molecule has 20 heavy (non-hydrogen) atoms. The van der Waals surface area contributed by atoms with Crippen LogP contribution in [0.25, 0.3) is 0 Å². The SMILES string of the molecule is CC(Br)C(=O)OC(C(=O)CC1OCCO1)C1OCCO1. The van der Waals surface area contributed by atoms with Gasteiger partial charge in [-0.05, 0) is 6.92 Å². The maximum atomic E-state index is 12.2. The van der Waals surface area contributed by atoms with Crippen LogP contribution in [0, 0.1) is 0 Å². The van der Waals surface area contributed by atoms with Crippen molar-refractivity contribution in [2.24, 2.45) is 0 Å². The van der Waals surface area contributed by atoms with E-state index in [4.69, 9.17) is 23.7 Å². The van der Waals surface area contributed by atoms with E-state index in [0.717, 1.165) is 0 Å². The number of carbonyl (C=O) groups excluding carboxylic acids is 2. The van der Waals surface area contributed by atoms with Crippen LogP contribution in [0.3, 0.4) is 0 Å². The number of hydrogen-bond acceptors (Lipinski definition) is 7. The Morgan fingerprint density at radius 2 is 1.70 bits per heavy atom. The zero-order valence-electron chi connectivity index (χ0n) is 11.1. The van der Waals surface area contributed by atoms with Crippen molar-refractivity contribution in [2.75, 3.05) is 26.4 Å². The minimum Gasteiger partial charge on any atom is -0.448 e. The van der Waals surface area contributed by atoms with Gasteiger partial charge in [0.1, 0.15) is 4.83 Å². The second kappa shape index (κ2) is 7.46. The van der Waals surface area contributed by atoms with Crippen molar-refractivity contribution < 1.29 is 33.3 Å². The molecule has 114 valence electrons. The first-order chi connectivity index (χ1) is 9.58. The van der Waals surface area contributed by atoms with Crippen molar-refractivity contribution in [1.82, 2.24) is 0 Å². The Hall–Kier alpha value is -0.540. The molecule has 2 atom stereocenters. The molecular formula is C12H17BrO7. The fourth-order valence-electron chi connectivity index (χ4n) is 1.85. The predicted octanol–water partition coefficient (Wildman–Crippen LogP) is 0.387. The van der Waals surface area contributed by atoms with Crippen LogP contribution in [0.15, 0.2) is 0 Å². The van der Waals surface area contributed by atoms with Gasteiger partial charge in [-0.1, -0.05) is 15.9 Å². The lowest BCUT2D eigenvalue weighted by Gasteiger charge is -2.22. The van der Waals surface area contributed by atoms with Gasteiger partial charge in [0.2, 0.25) is 12.4 Å². The molecule has 0 amide bonds. The van der Waals surface area contributed by atoms with Gasteiger partial charge in [0.25, 0.3) is 0 Å². The number of halogens is 1. The number of Topliss-reactive ketones (excluding diaryl/α,β-unsaturated/α-hetero) is 1. The third-order valence-corrected chi connectivity index (χ3v) is 3.21. The monoisotopic (exact) mass is 352 g/mol. The summed E-state index contributed by atoms with van der Waals surface area (Å²) in [6.45, 7) is 3.26. The number of carbonyl (C=O) groups is 2. The number of esters is 1. The number of rotatable bonds is 6. The summed E-state index contributed by atoms with van der Waals surface area (Å²) < 4.78 is 26.1. The molecule has 0 bridgehead atoms. The van der Waals surface area contributed by atoms with Crippen LogP contribution in [0.1, 0.15) is 13.3 Å². The summed E-state index contributed by atoms with van der Waals surface area (Å²) in [4.78, 5) is 23.4. The normalized spacial score (nSPS) is 23.7. The lowest BCUT2D eigenvalue weighted by Crippen LogP contribution is -2.41. The Bertz CT molecular complexity index is 348. The number of hydrogen-bond donors (Lipinski definition) is 0. The molecule has 0 radical (unpaired) electrons.